The molecule has 3 rings (SSSR count). The van der Waals surface area contributed by atoms with Crippen LogP contribution in [-0.2, 0) is 16.1 Å². The van der Waals surface area contributed by atoms with E-state index < -0.39 is 0 Å². The van der Waals surface area contributed by atoms with E-state index in [0.717, 1.165) is 69.4 Å². The lowest BCUT2D eigenvalue weighted by atomic mass is 10.2. The summed E-state index contributed by atoms with van der Waals surface area (Å²) >= 11 is 0. The van der Waals surface area contributed by atoms with Gasteiger partial charge in [0.1, 0.15) is 0 Å². The molecule has 1 fully saturated rings. The standard InChI is InChI=1S/C22H33N5O2.HI/c1-2-23-22(26-19-7-3-4-8-19)24-17-18-6-5-9-20(16-18)25-21(28)10-11-27-12-14-29-15-13-27;/h3-6,9,16,19H,2,7-8,10-15,17H2,1H3,(H,25,28)(H2,23,24,26);1H. The second-order valence-electron chi connectivity index (χ2n) is 7.43. The number of nitrogens with one attached hydrogen (secondary N) is 3. The predicted octanol–water partition coefficient (Wildman–Crippen LogP) is 2.74. The van der Waals surface area contributed by atoms with Crippen LogP contribution < -0.4 is 16.0 Å². The summed E-state index contributed by atoms with van der Waals surface area (Å²) in [4.78, 5) is 19.3. The van der Waals surface area contributed by atoms with Crippen LogP contribution in [0, 0.1) is 0 Å². The fourth-order valence-corrected chi connectivity index (χ4v) is 3.47. The Kier molecular flexibility index (Phi) is 11.2. The van der Waals surface area contributed by atoms with Crippen LogP contribution >= 0.6 is 24.0 Å². The van der Waals surface area contributed by atoms with Gasteiger partial charge in [0.15, 0.2) is 5.96 Å². The predicted molar refractivity (Wildman–Crippen MR) is 132 cm³/mol. The van der Waals surface area contributed by atoms with E-state index >= 15 is 0 Å². The number of amides is 1. The Morgan fingerprint density at radius 1 is 1.23 bits per heavy atom. The van der Waals surface area contributed by atoms with Gasteiger partial charge in [0.2, 0.25) is 5.91 Å². The molecule has 1 aliphatic heterocycles. The van der Waals surface area contributed by atoms with E-state index in [0.29, 0.717) is 19.0 Å². The number of carbonyl (C=O) groups excluding carboxylic acids is 1. The van der Waals surface area contributed by atoms with E-state index in [1.807, 2.05) is 24.3 Å². The van der Waals surface area contributed by atoms with E-state index in [9.17, 15) is 4.79 Å². The van der Waals surface area contributed by atoms with Gasteiger partial charge in [-0.05, 0) is 37.5 Å². The van der Waals surface area contributed by atoms with E-state index in [-0.39, 0.29) is 29.9 Å². The molecular weight excluding hydrogens is 493 g/mol. The summed E-state index contributed by atoms with van der Waals surface area (Å²) < 4.78 is 5.34. The number of hydrogen-bond acceptors (Lipinski definition) is 4. The SMILES string of the molecule is CCNC(=NCc1cccc(NC(=O)CCN2CCOCC2)c1)NC1CC=CC1.I. The summed E-state index contributed by atoms with van der Waals surface area (Å²) in [5.74, 6) is 0.877. The summed E-state index contributed by atoms with van der Waals surface area (Å²) in [5.41, 5.74) is 1.89. The first-order valence-corrected chi connectivity index (χ1v) is 10.6. The number of carbonyl (C=O) groups is 1. The third-order valence-corrected chi connectivity index (χ3v) is 5.08. The fourth-order valence-electron chi connectivity index (χ4n) is 3.47. The molecule has 1 saturated heterocycles. The molecule has 1 amide bonds. The van der Waals surface area contributed by atoms with Crippen molar-refractivity contribution in [3.05, 3.63) is 42.0 Å². The number of guanidine groups is 1. The zero-order valence-corrected chi connectivity index (χ0v) is 20.1. The molecule has 8 heteroatoms. The first-order valence-electron chi connectivity index (χ1n) is 10.6. The molecule has 2 aliphatic rings. The molecule has 1 aliphatic carbocycles. The number of ether oxygens (including phenoxy) is 1. The molecule has 0 unspecified atom stereocenters. The van der Waals surface area contributed by atoms with E-state index in [2.05, 4.69) is 39.9 Å². The largest absolute Gasteiger partial charge is 0.379 e. The van der Waals surface area contributed by atoms with Crippen molar-refractivity contribution in [1.82, 2.24) is 15.5 Å². The number of anilines is 1. The number of hydrogen-bond donors (Lipinski definition) is 3. The lowest BCUT2D eigenvalue weighted by Crippen LogP contribution is -2.42. The number of morpholine rings is 1. The maximum Gasteiger partial charge on any atom is 0.225 e. The highest BCUT2D eigenvalue weighted by atomic mass is 127. The van der Waals surface area contributed by atoms with Crippen molar-refractivity contribution in [3.8, 4) is 0 Å². The quantitative estimate of drug-likeness (QED) is 0.210. The van der Waals surface area contributed by atoms with Crippen LogP contribution in [0.1, 0.15) is 31.7 Å². The Balaban J connectivity index is 0.00000320. The highest BCUT2D eigenvalue weighted by molar-refractivity contribution is 14.0. The third kappa shape index (κ3) is 8.61. The molecule has 0 saturated carbocycles. The first-order chi connectivity index (χ1) is 14.2. The Morgan fingerprint density at radius 2 is 2.00 bits per heavy atom. The first kappa shape index (κ1) is 24.6. The summed E-state index contributed by atoms with van der Waals surface area (Å²) in [7, 11) is 0. The van der Waals surface area contributed by atoms with Crippen molar-refractivity contribution in [3.63, 3.8) is 0 Å². The molecule has 0 radical (unpaired) electrons. The van der Waals surface area contributed by atoms with Crippen LogP contribution in [-0.4, -0.2) is 62.2 Å². The lowest BCUT2D eigenvalue weighted by Gasteiger charge is -2.26. The number of rotatable bonds is 8. The normalized spacial score (nSPS) is 17.4. The Hall–Kier alpha value is -1.65. The van der Waals surface area contributed by atoms with Gasteiger partial charge < -0.3 is 20.7 Å². The molecule has 0 atom stereocenters. The topological polar surface area (TPSA) is 78.0 Å². The summed E-state index contributed by atoms with van der Waals surface area (Å²) in [6.45, 7) is 7.54. The molecule has 1 aromatic carbocycles. The zero-order valence-electron chi connectivity index (χ0n) is 17.7. The third-order valence-electron chi connectivity index (χ3n) is 5.08. The number of halogens is 1. The molecule has 7 nitrogen and oxygen atoms in total. The Morgan fingerprint density at radius 3 is 2.73 bits per heavy atom. The van der Waals surface area contributed by atoms with Crippen molar-refractivity contribution in [2.24, 2.45) is 4.99 Å². The molecule has 30 heavy (non-hydrogen) atoms. The van der Waals surface area contributed by atoms with Gasteiger partial charge in [0.05, 0.1) is 19.8 Å². The van der Waals surface area contributed by atoms with Crippen LogP contribution in [0.3, 0.4) is 0 Å². The molecule has 166 valence electrons. The van der Waals surface area contributed by atoms with Gasteiger partial charge in [-0.1, -0.05) is 24.3 Å². The lowest BCUT2D eigenvalue weighted by molar-refractivity contribution is -0.116. The minimum absolute atomic E-state index is 0. The maximum absolute atomic E-state index is 12.3. The molecule has 0 bridgehead atoms. The van der Waals surface area contributed by atoms with Crippen molar-refractivity contribution in [1.29, 1.82) is 0 Å². The number of nitrogens with zero attached hydrogens (tertiary/aromatic N) is 2. The molecule has 0 aromatic heterocycles. The minimum Gasteiger partial charge on any atom is -0.379 e. The molecule has 1 heterocycles. The average Bonchev–Trinajstić information content (AvgIpc) is 3.25. The van der Waals surface area contributed by atoms with Crippen LogP contribution in [0.4, 0.5) is 5.69 Å². The highest BCUT2D eigenvalue weighted by Gasteiger charge is 2.13. The van der Waals surface area contributed by atoms with Crippen molar-refractivity contribution < 1.29 is 9.53 Å². The minimum atomic E-state index is 0. The highest BCUT2D eigenvalue weighted by Crippen LogP contribution is 2.13. The van der Waals surface area contributed by atoms with Crippen LogP contribution in [0.15, 0.2) is 41.4 Å². The van der Waals surface area contributed by atoms with Crippen LogP contribution in [0.5, 0.6) is 0 Å². The van der Waals surface area contributed by atoms with Gasteiger partial charge >= 0.3 is 0 Å². The van der Waals surface area contributed by atoms with E-state index in [1.165, 1.54) is 0 Å². The van der Waals surface area contributed by atoms with Gasteiger partial charge in [0.25, 0.3) is 0 Å². The summed E-state index contributed by atoms with van der Waals surface area (Å²) in [5, 5.41) is 9.79. The summed E-state index contributed by atoms with van der Waals surface area (Å²) in [6, 6.07) is 8.34. The van der Waals surface area contributed by atoms with Crippen LogP contribution in [0.2, 0.25) is 0 Å². The van der Waals surface area contributed by atoms with E-state index in [1.54, 1.807) is 0 Å². The smallest absolute Gasteiger partial charge is 0.225 e. The van der Waals surface area contributed by atoms with Crippen LogP contribution in [0.25, 0.3) is 0 Å². The van der Waals surface area contributed by atoms with Gasteiger partial charge in [-0.2, -0.15) is 0 Å². The number of benzene rings is 1. The van der Waals surface area contributed by atoms with Gasteiger partial charge in [0, 0.05) is 44.3 Å². The second-order valence-corrected chi connectivity index (χ2v) is 7.43. The maximum atomic E-state index is 12.3. The molecule has 0 spiro atoms. The van der Waals surface area contributed by atoms with Gasteiger partial charge in [-0.15, -0.1) is 24.0 Å². The Labute approximate surface area is 196 Å². The Bertz CT molecular complexity index is 711. The molecule has 3 N–H and O–H groups in total. The van der Waals surface area contributed by atoms with E-state index in [4.69, 9.17) is 9.73 Å². The van der Waals surface area contributed by atoms with Crippen molar-refractivity contribution in [2.45, 2.75) is 38.8 Å². The average molecular weight is 527 g/mol. The van der Waals surface area contributed by atoms with Gasteiger partial charge in [-0.3, -0.25) is 9.69 Å². The second kappa shape index (κ2) is 13.6. The molecule has 1 aromatic rings. The zero-order chi connectivity index (χ0) is 20.3. The summed E-state index contributed by atoms with van der Waals surface area (Å²) in [6.07, 6.45) is 6.97. The van der Waals surface area contributed by atoms with Crippen molar-refractivity contribution in [2.75, 3.05) is 44.7 Å². The van der Waals surface area contributed by atoms with Gasteiger partial charge in [-0.25, -0.2) is 4.99 Å². The fraction of sp³-hybridized carbons (Fsp3) is 0.545. The monoisotopic (exact) mass is 527 g/mol. The number of aliphatic imine (C=N–C) groups is 1. The van der Waals surface area contributed by atoms with Crippen molar-refractivity contribution >= 4 is 41.5 Å². The molecular formula is C22H34IN5O2.